The maximum atomic E-state index is 12.0. The second-order valence-electron chi connectivity index (χ2n) is 5.91. The Morgan fingerprint density at radius 1 is 0.962 bits per heavy atom. The lowest BCUT2D eigenvalue weighted by molar-refractivity contribution is -0.116. The molecule has 0 aliphatic rings. The Morgan fingerprint density at radius 3 is 2.31 bits per heavy atom. The van der Waals surface area contributed by atoms with E-state index in [1.165, 1.54) is 12.5 Å². The summed E-state index contributed by atoms with van der Waals surface area (Å²) in [5.41, 5.74) is 2.61. The normalized spacial score (nSPS) is 10.2. The molecule has 138 valence electrons. The van der Waals surface area contributed by atoms with Gasteiger partial charge in [0.25, 0.3) is 0 Å². The molecule has 2 aromatic rings. The number of carbonyl (C=O) groups excluding carboxylic acids is 2. The second-order valence-corrected chi connectivity index (χ2v) is 5.91. The fourth-order valence-corrected chi connectivity index (χ4v) is 2.45. The average molecular weight is 355 g/mol. The van der Waals surface area contributed by atoms with Gasteiger partial charge in [0.15, 0.2) is 0 Å². The number of hydrogen-bond donors (Lipinski definition) is 3. The Balaban J connectivity index is 1.64. The van der Waals surface area contributed by atoms with E-state index in [1.54, 1.807) is 31.4 Å². The summed E-state index contributed by atoms with van der Waals surface area (Å²) in [5.74, 6) is 0.680. The minimum Gasteiger partial charge on any atom is -0.497 e. The van der Waals surface area contributed by atoms with E-state index in [2.05, 4.69) is 22.0 Å². The molecule has 0 atom stereocenters. The summed E-state index contributed by atoms with van der Waals surface area (Å²) in [6.45, 7) is 2.86. The predicted octanol–water partition coefficient (Wildman–Crippen LogP) is 2.81. The number of ether oxygens (including phenoxy) is 1. The van der Waals surface area contributed by atoms with E-state index in [9.17, 15) is 9.59 Å². The van der Waals surface area contributed by atoms with Gasteiger partial charge in [0, 0.05) is 31.3 Å². The van der Waals surface area contributed by atoms with Crippen molar-refractivity contribution in [2.45, 2.75) is 19.8 Å². The lowest BCUT2D eigenvalue weighted by atomic mass is 10.1. The highest BCUT2D eigenvalue weighted by atomic mass is 16.5. The van der Waals surface area contributed by atoms with Crippen molar-refractivity contribution < 1.29 is 14.3 Å². The zero-order chi connectivity index (χ0) is 18.8. The van der Waals surface area contributed by atoms with E-state index < -0.39 is 0 Å². The largest absolute Gasteiger partial charge is 0.497 e. The first-order valence-corrected chi connectivity index (χ1v) is 8.58. The van der Waals surface area contributed by atoms with Crippen molar-refractivity contribution in [2.75, 3.05) is 30.8 Å². The van der Waals surface area contributed by atoms with Crippen LogP contribution in [0.2, 0.25) is 0 Å². The van der Waals surface area contributed by atoms with E-state index >= 15 is 0 Å². The van der Waals surface area contributed by atoms with Crippen LogP contribution in [0.25, 0.3) is 0 Å². The lowest BCUT2D eigenvalue weighted by Crippen LogP contribution is -2.23. The van der Waals surface area contributed by atoms with Crippen molar-refractivity contribution in [1.29, 1.82) is 0 Å². The van der Waals surface area contributed by atoms with Crippen LogP contribution in [-0.4, -0.2) is 32.0 Å². The highest BCUT2D eigenvalue weighted by Gasteiger charge is 2.03. The standard InChI is InChI=1S/C20H25N3O3/c1-15(24)22-17-6-8-18(9-7-17)23-20(25)11-13-21-12-10-16-4-3-5-19(14-16)26-2/h3-9,14,21H,10-13H2,1-2H3,(H,22,24)(H,23,25). The number of carbonyl (C=O) groups is 2. The summed E-state index contributed by atoms with van der Waals surface area (Å²) >= 11 is 0. The van der Waals surface area contributed by atoms with E-state index in [1.807, 2.05) is 18.2 Å². The van der Waals surface area contributed by atoms with Crippen molar-refractivity contribution in [2.24, 2.45) is 0 Å². The monoisotopic (exact) mass is 355 g/mol. The molecule has 26 heavy (non-hydrogen) atoms. The quantitative estimate of drug-likeness (QED) is 0.604. The van der Waals surface area contributed by atoms with Gasteiger partial charge in [-0.15, -0.1) is 0 Å². The van der Waals surface area contributed by atoms with Crippen LogP contribution in [0.4, 0.5) is 11.4 Å². The molecule has 2 rings (SSSR count). The van der Waals surface area contributed by atoms with E-state index in [0.717, 1.165) is 18.7 Å². The Morgan fingerprint density at radius 2 is 1.65 bits per heavy atom. The van der Waals surface area contributed by atoms with Gasteiger partial charge in [-0.3, -0.25) is 9.59 Å². The lowest BCUT2D eigenvalue weighted by Gasteiger charge is -2.08. The second kappa shape index (κ2) is 10.2. The zero-order valence-electron chi connectivity index (χ0n) is 15.2. The SMILES string of the molecule is COc1cccc(CCNCCC(=O)Nc2ccc(NC(C)=O)cc2)c1. The van der Waals surface area contributed by atoms with Crippen LogP contribution in [-0.2, 0) is 16.0 Å². The van der Waals surface area contributed by atoms with Crippen LogP contribution in [0.15, 0.2) is 48.5 Å². The minimum absolute atomic E-state index is 0.0499. The molecule has 6 heteroatoms. The molecule has 0 aromatic heterocycles. The molecule has 0 radical (unpaired) electrons. The summed E-state index contributed by atoms with van der Waals surface area (Å²) in [5, 5.41) is 8.79. The Kier molecular flexibility index (Phi) is 7.64. The van der Waals surface area contributed by atoms with Gasteiger partial charge in [0.05, 0.1) is 7.11 Å². The highest BCUT2D eigenvalue weighted by Crippen LogP contribution is 2.14. The first kappa shape index (κ1) is 19.5. The summed E-state index contributed by atoms with van der Waals surface area (Å²) in [4.78, 5) is 22.9. The van der Waals surface area contributed by atoms with Gasteiger partial charge in [-0.2, -0.15) is 0 Å². The third-order valence-corrected chi connectivity index (χ3v) is 3.74. The Hall–Kier alpha value is -2.86. The van der Waals surface area contributed by atoms with Crippen molar-refractivity contribution in [3.05, 3.63) is 54.1 Å². The molecule has 0 unspecified atom stereocenters. The first-order chi connectivity index (χ1) is 12.6. The summed E-state index contributed by atoms with van der Waals surface area (Å²) in [6, 6.07) is 15.0. The van der Waals surface area contributed by atoms with E-state index in [4.69, 9.17) is 4.74 Å². The van der Waals surface area contributed by atoms with Crippen molar-refractivity contribution in [3.63, 3.8) is 0 Å². The summed E-state index contributed by atoms with van der Waals surface area (Å²) in [6.07, 6.45) is 1.27. The summed E-state index contributed by atoms with van der Waals surface area (Å²) < 4.78 is 5.20. The number of methoxy groups -OCH3 is 1. The third-order valence-electron chi connectivity index (χ3n) is 3.74. The molecule has 3 N–H and O–H groups in total. The van der Waals surface area contributed by atoms with Crippen LogP contribution >= 0.6 is 0 Å². The summed E-state index contributed by atoms with van der Waals surface area (Å²) in [7, 11) is 1.66. The zero-order valence-corrected chi connectivity index (χ0v) is 15.2. The molecule has 0 fully saturated rings. The molecular formula is C20H25N3O3. The Labute approximate surface area is 153 Å². The van der Waals surface area contributed by atoms with Gasteiger partial charge in [-0.25, -0.2) is 0 Å². The molecular weight excluding hydrogens is 330 g/mol. The Bertz CT molecular complexity index is 729. The number of nitrogens with one attached hydrogen (secondary N) is 3. The van der Waals surface area contributed by atoms with Gasteiger partial charge in [-0.05, 0) is 54.9 Å². The molecule has 0 saturated heterocycles. The highest BCUT2D eigenvalue weighted by molar-refractivity contribution is 5.92. The van der Waals surface area contributed by atoms with E-state index in [0.29, 0.717) is 24.3 Å². The van der Waals surface area contributed by atoms with Gasteiger partial charge >= 0.3 is 0 Å². The smallest absolute Gasteiger partial charge is 0.225 e. The fraction of sp³-hybridized carbons (Fsp3) is 0.300. The number of hydrogen-bond acceptors (Lipinski definition) is 4. The topological polar surface area (TPSA) is 79.5 Å². The van der Waals surface area contributed by atoms with Gasteiger partial charge in [0.2, 0.25) is 11.8 Å². The van der Waals surface area contributed by atoms with Gasteiger partial charge in [-0.1, -0.05) is 12.1 Å². The maximum absolute atomic E-state index is 12.0. The molecule has 0 spiro atoms. The maximum Gasteiger partial charge on any atom is 0.225 e. The van der Waals surface area contributed by atoms with Crippen molar-refractivity contribution in [3.8, 4) is 5.75 Å². The molecule has 0 bridgehead atoms. The predicted molar refractivity (Wildman–Crippen MR) is 104 cm³/mol. The van der Waals surface area contributed by atoms with Crippen LogP contribution in [0, 0.1) is 0 Å². The van der Waals surface area contributed by atoms with Crippen LogP contribution in [0.5, 0.6) is 5.75 Å². The van der Waals surface area contributed by atoms with Crippen molar-refractivity contribution >= 4 is 23.2 Å². The number of anilines is 2. The van der Waals surface area contributed by atoms with Crippen LogP contribution < -0.4 is 20.7 Å². The van der Waals surface area contributed by atoms with Gasteiger partial charge < -0.3 is 20.7 Å². The molecule has 0 aliphatic heterocycles. The molecule has 2 aromatic carbocycles. The third kappa shape index (κ3) is 6.94. The van der Waals surface area contributed by atoms with Crippen LogP contribution in [0.1, 0.15) is 18.9 Å². The molecule has 0 saturated carbocycles. The van der Waals surface area contributed by atoms with E-state index in [-0.39, 0.29) is 11.8 Å². The van der Waals surface area contributed by atoms with Crippen molar-refractivity contribution in [1.82, 2.24) is 5.32 Å². The average Bonchev–Trinajstić information content (AvgIpc) is 2.63. The molecule has 6 nitrogen and oxygen atoms in total. The fourth-order valence-electron chi connectivity index (χ4n) is 2.45. The molecule has 2 amide bonds. The molecule has 0 heterocycles. The number of rotatable bonds is 9. The first-order valence-electron chi connectivity index (χ1n) is 8.58. The number of amides is 2. The van der Waals surface area contributed by atoms with Crippen LogP contribution in [0.3, 0.4) is 0 Å². The van der Waals surface area contributed by atoms with Gasteiger partial charge in [0.1, 0.15) is 5.75 Å². The molecule has 0 aliphatic carbocycles. The minimum atomic E-state index is -0.123. The number of benzene rings is 2.